The topological polar surface area (TPSA) is 84.6 Å². The Morgan fingerprint density at radius 3 is 2.91 bits per heavy atom. The van der Waals surface area contributed by atoms with Crippen molar-refractivity contribution in [2.24, 2.45) is 0 Å². The van der Waals surface area contributed by atoms with Crippen LogP contribution in [0.2, 0.25) is 0 Å². The van der Waals surface area contributed by atoms with Crippen molar-refractivity contribution < 1.29 is 13.2 Å². The molecule has 1 unspecified atom stereocenters. The second-order valence-corrected chi connectivity index (χ2v) is 8.32. The Morgan fingerprint density at radius 1 is 1.39 bits per heavy atom. The molecular weight excluding hydrogens is 316 g/mol. The van der Waals surface area contributed by atoms with E-state index in [0.29, 0.717) is 24.2 Å². The van der Waals surface area contributed by atoms with E-state index in [2.05, 4.69) is 10.1 Å². The molecule has 1 aliphatic rings. The molecule has 3 heterocycles. The number of hydrogen-bond acceptors (Lipinski definition) is 5. The Bertz CT molecular complexity index is 844. The van der Waals surface area contributed by atoms with Crippen LogP contribution in [0.3, 0.4) is 0 Å². The van der Waals surface area contributed by atoms with Crippen LogP contribution in [0.25, 0.3) is 5.65 Å². The third-order valence-electron chi connectivity index (χ3n) is 4.12. The van der Waals surface area contributed by atoms with Crippen molar-refractivity contribution in [3.8, 4) is 0 Å². The van der Waals surface area contributed by atoms with Gasteiger partial charge in [0.2, 0.25) is 0 Å². The highest BCUT2D eigenvalue weighted by molar-refractivity contribution is 7.90. The normalized spacial score (nSPS) is 19.2. The second kappa shape index (κ2) is 5.92. The van der Waals surface area contributed by atoms with Crippen LogP contribution >= 0.6 is 0 Å². The summed E-state index contributed by atoms with van der Waals surface area (Å²) in [6.45, 7) is 2.43. The Morgan fingerprint density at radius 2 is 2.17 bits per heavy atom. The van der Waals surface area contributed by atoms with Crippen LogP contribution in [-0.2, 0) is 9.84 Å². The van der Waals surface area contributed by atoms with Gasteiger partial charge in [-0.2, -0.15) is 5.10 Å². The monoisotopic (exact) mass is 336 g/mol. The van der Waals surface area contributed by atoms with Crippen LogP contribution in [0, 0.1) is 6.92 Å². The summed E-state index contributed by atoms with van der Waals surface area (Å²) in [6, 6.07) is 1.55. The van der Waals surface area contributed by atoms with E-state index in [9.17, 15) is 13.2 Å². The van der Waals surface area contributed by atoms with Crippen LogP contribution in [-0.4, -0.2) is 58.4 Å². The lowest BCUT2D eigenvalue weighted by atomic mass is 10.0. The summed E-state index contributed by atoms with van der Waals surface area (Å²) in [5.74, 6) is -0.184. The van der Waals surface area contributed by atoms with Crippen LogP contribution in [0.4, 0.5) is 0 Å². The smallest absolute Gasteiger partial charge is 0.259 e. The highest BCUT2D eigenvalue weighted by atomic mass is 32.2. The zero-order valence-corrected chi connectivity index (χ0v) is 14.1. The number of sulfone groups is 1. The Kier molecular flexibility index (Phi) is 4.09. The molecule has 0 aliphatic carbocycles. The lowest BCUT2D eigenvalue weighted by molar-refractivity contribution is 0.0641. The largest absolute Gasteiger partial charge is 0.334 e. The fourth-order valence-corrected chi connectivity index (χ4v) is 4.10. The van der Waals surface area contributed by atoms with E-state index in [-0.39, 0.29) is 17.7 Å². The third kappa shape index (κ3) is 3.36. The van der Waals surface area contributed by atoms with Gasteiger partial charge in [-0.1, -0.05) is 0 Å². The number of hydrogen-bond donors (Lipinski definition) is 0. The van der Waals surface area contributed by atoms with Gasteiger partial charge in [0.25, 0.3) is 5.91 Å². The van der Waals surface area contributed by atoms with Gasteiger partial charge in [0.15, 0.2) is 5.65 Å². The van der Waals surface area contributed by atoms with Gasteiger partial charge in [0, 0.05) is 30.7 Å². The van der Waals surface area contributed by atoms with E-state index >= 15 is 0 Å². The van der Waals surface area contributed by atoms with Crippen LogP contribution in [0.5, 0.6) is 0 Å². The number of fused-ring (bicyclic) bond motifs is 1. The van der Waals surface area contributed by atoms with Crippen molar-refractivity contribution in [1.29, 1.82) is 0 Å². The molecule has 2 aromatic heterocycles. The van der Waals surface area contributed by atoms with Crippen molar-refractivity contribution in [2.75, 3.05) is 18.6 Å². The van der Waals surface area contributed by atoms with Crippen LogP contribution in [0.1, 0.15) is 35.3 Å². The summed E-state index contributed by atoms with van der Waals surface area (Å²) in [4.78, 5) is 19.0. The average Bonchev–Trinajstić information content (AvgIpc) is 2.88. The Hall–Kier alpha value is -1.96. The van der Waals surface area contributed by atoms with E-state index in [0.717, 1.165) is 18.5 Å². The molecule has 23 heavy (non-hydrogen) atoms. The van der Waals surface area contributed by atoms with Gasteiger partial charge in [-0.05, 0) is 32.3 Å². The van der Waals surface area contributed by atoms with E-state index in [1.165, 1.54) is 12.5 Å². The molecule has 8 heteroatoms. The lowest BCUT2D eigenvalue weighted by Crippen LogP contribution is -2.47. The molecule has 0 N–H and O–H groups in total. The number of aromatic nitrogens is 3. The number of carbonyl (C=O) groups excluding carboxylic acids is 1. The summed E-state index contributed by atoms with van der Waals surface area (Å²) in [6.07, 6.45) is 7.03. The van der Waals surface area contributed by atoms with Crippen molar-refractivity contribution in [1.82, 2.24) is 19.5 Å². The number of piperidine rings is 1. The highest BCUT2D eigenvalue weighted by Gasteiger charge is 2.31. The van der Waals surface area contributed by atoms with Crippen molar-refractivity contribution in [3.05, 3.63) is 29.7 Å². The van der Waals surface area contributed by atoms with E-state index in [4.69, 9.17) is 0 Å². The van der Waals surface area contributed by atoms with E-state index in [1.54, 1.807) is 15.6 Å². The lowest BCUT2D eigenvalue weighted by Gasteiger charge is -2.35. The first-order chi connectivity index (χ1) is 10.8. The summed E-state index contributed by atoms with van der Waals surface area (Å²) in [5, 5.41) is 4.16. The van der Waals surface area contributed by atoms with Gasteiger partial charge in [-0.25, -0.2) is 17.9 Å². The standard InChI is InChI=1S/C15H20N4O3S/c1-11-6-8-19-14(17-11)13(9-16-19)15(20)18-7-4-3-5-12(18)10-23(2,21)22/h6,8-9,12H,3-5,7,10H2,1-2H3. The average molecular weight is 336 g/mol. The Labute approximate surface area is 135 Å². The molecular formula is C15H20N4O3S. The number of aryl methyl sites for hydroxylation is 1. The second-order valence-electron chi connectivity index (χ2n) is 6.14. The zero-order valence-electron chi connectivity index (χ0n) is 13.3. The van der Waals surface area contributed by atoms with E-state index < -0.39 is 9.84 Å². The molecule has 0 radical (unpaired) electrons. The summed E-state index contributed by atoms with van der Waals surface area (Å²) >= 11 is 0. The van der Waals surface area contributed by atoms with Crippen LogP contribution < -0.4 is 0 Å². The molecule has 124 valence electrons. The quantitative estimate of drug-likeness (QED) is 0.837. The number of rotatable bonds is 3. The van der Waals surface area contributed by atoms with Crippen molar-refractivity contribution >= 4 is 21.4 Å². The molecule has 1 aliphatic heterocycles. The third-order valence-corrected chi connectivity index (χ3v) is 5.11. The first kappa shape index (κ1) is 15.9. The van der Waals surface area contributed by atoms with Gasteiger partial charge >= 0.3 is 0 Å². The summed E-state index contributed by atoms with van der Waals surface area (Å²) in [5.41, 5.74) is 1.74. The van der Waals surface area contributed by atoms with Crippen molar-refractivity contribution in [2.45, 2.75) is 32.2 Å². The molecule has 3 rings (SSSR count). The predicted molar refractivity (Wildman–Crippen MR) is 86.1 cm³/mol. The molecule has 0 aromatic carbocycles. The molecule has 7 nitrogen and oxygen atoms in total. The predicted octanol–water partition coefficient (Wildman–Crippen LogP) is 1.08. The highest BCUT2D eigenvalue weighted by Crippen LogP contribution is 2.22. The zero-order chi connectivity index (χ0) is 16.6. The van der Waals surface area contributed by atoms with Gasteiger partial charge < -0.3 is 4.90 Å². The SMILES string of the molecule is Cc1ccn2ncc(C(=O)N3CCCCC3CS(C)(=O)=O)c2n1. The molecule has 2 aromatic rings. The molecule has 0 saturated carbocycles. The van der Waals surface area contributed by atoms with Gasteiger partial charge in [0.05, 0.1) is 11.9 Å². The molecule has 1 amide bonds. The minimum atomic E-state index is -3.14. The maximum Gasteiger partial charge on any atom is 0.259 e. The number of carbonyl (C=O) groups is 1. The number of likely N-dealkylation sites (tertiary alicyclic amines) is 1. The maximum absolute atomic E-state index is 12.9. The number of amides is 1. The fourth-order valence-electron chi connectivity index (χ4n) is 3.06. The first-order valence-corrected chi connectivity index (χ1v) is 9.71. The van der Waals surface area contributed by atoms with Gasteiger partial charge in [-0.15, -0.1) is 0 Å². The summed E-state index contributed by atoms with van der Waals surface area (Å²) < 4.78 is 24.9. The molecule has 0 spiro atoms. The Balaban J connectivity index is 1.94. The van der Waals surface area contributed by atoms with Gasteiger partial charge in [0.1, 0.15) is 15.4 Å². The summed E-state index contributed by atoms with van der Waals surface area (Å²) in [7, 11) is -3.14. The molecule has 0 bridgehead atoms. The number of nitrogens with zero attached hydrogens (tertiary/aromatic N) is 4. The molecule has 1 atom stereocenters. The minimum Gasteiger partial charge on any atom is -0.334 e. The fraction of sp³-hybridized carbons (Fsp3) is 0.533. The van der Waals surface area contributed by atoms with Gasteiger partial charge in [-0.3, -0.25) is 4.79 Å². The first-order valence-electron chi connectivity index (χ1n) is 7.65. The molecule has 1 fully saturated rings. The maximum atomic E-state index is 12.9. The minimum absolute atomic E-state index is 0.00437. The molecule has 1 saturated heterocycles. The van der Waals surface area contributed by atoms with E-state index in [1.807, 2.05) is 13.0 Å². The van der Waals surface area contributed by atoms with Crippen molar-refractivity contribution in [3.63, 3.8) is 0 Å². The van der Waals surface area contributed by atoms with Crippen LogP contribution in [0.15, 0.2) is 18.5 Å².